The second-order valence-corrected chi connectivity index (χ2v) is 23.2. The van der Waals surface area contributed by atoms with Crippen LogP contribution in [-0.2, 0) is 70.2 Å². The van der Waals surface area contributed by atoms with Crippen molar-refractivity contribution in [2.75, 3.05) is 74.8 Å². The van der Waals surface area contributed by atoms with Crippen molar-refractivity contribution < 1.29 is 71.6 Å². The highest BCUT2D eigenvalue weighted by molar-refractivity contribution is 6.38. The third-order valence-corrected chi connectivity index (χ3v) is 15.4. The summed E-state index contributed by atoms with van der Waals surface area (Å²) < 4.78 is 35.0. The molecule has 0 spiro atoms. The highest BCUT2D eigenvalue weighted by Crippen LogP contribution is 2.33. The van der Waals surface area contributed by atoms with Gasteiger partial charge in [-0.3, -0.25) is 38.5 Å². The molecule has 2 aromatic carbocycles. The molecule has 4 heterocycles. The van der Waals surface area contributed by atoms with Crippen LogP contribution in [0.15, 0.2) is 79.1 Å². The van der Waals surface area contributed by atoms with Crippen molar-refractivity contribution in [1.82, 2.24) is 34.8 Å². The van der Waals surface area contributed by atoms with Gasteiger partial charge in [0.25, 0.3) is 11.8 Å². The number of pyridine rings is 1. The summed E-state index contributed by atoms with van der Waals surface area (Å²) in [6, 6.07) is 9.87. The lowest BCUT2D eigenvalue weighted by atomic mass is 9.87. The van der Waals surface area contributed by atoms with Crippen LogP contribution in [0.2, 0.25) is 0 Å². The Morgan fingerprint density at radius 2 is 1.45 bits per heavy atom. The number of aryl methyl sites for hydroxylation is 1. The maximum atomic E-state index is 14.9. The number of carbonyl (C=O) groups is 9. The van der Waals surface area contributed by atoms with E-state index in [1.54, 1.807) is 61.9 Å². The number of esters is 2. The number of ether oxygens (including phenoxy) is 6. The maximum absolute atomic E-state index is 14.9. The summed E-state index contributed by atoms with van der Waals surface area (Å²) in [7, 11) is 7.52. The predicted molar refractivity (Wildman–Crippen MR) is 308 cm³/mol. The number of aromatic nitrogens is 1. The Kier molecular flexibility index (Phi) is 23.0. The average molecular weight is 1170 g/mol. The normalized spacial score (nSPS) is 24.0. The Balaban J connectivity index is 1.32. The van der Waals surface area contributed by atoms with E-state index in [0.29, 0.717) is 54.7 Å². The standard InChI is InChI=1S/C62H83N7O15/c1-40-55(73)64-45(34-42-27-29-63-30-28-42)56(74)67(9)48(37-83-61(2,3)4)58(76)68-33-17-21-46(68)57(75)65(7)31-14-13-22-53(71)82-39-62(5,6)54(72)59(77)69-32-15-12-20-47(69)60(78)84-49(25-23-41-24-26-50(79-10)51(35-41)80-11)43-18-16-19-44(36-43)81-38-52(70)66(40)8/h13,16,18-19,22,24,26-30,35-36,40,45-49H,12,14-15,17,20-21,23,25,31-34,37-39H2,1-11H3,(H,64,73)/b22-13-/t40-,45-,46-,47-,48-,49+/m0/s1. The van der Waals surface area contributed by atoms with Gasteiger partial charge in [-0.25, -0.2) is 9.59 Å². The number of nitrogens with one attached hydrogen (secondary N) is 1. The summed E-state index contributed by atoms with van der Waals surface area (Å²) in [5.41, 5.74) is -0.254. The number of hydrogen-bond acceptors (Lipinski definition) is 16. The van der Waals surface area contributed by atoms with Gasteiger partial charge in [0.2, 0.25) is 29.4 Å². The van der Waals surface area contributed by atoms with Crippen molar-refractivity contribution in [2.24, 2.45) is 5.41 Å². The number of rotatable bonds is 9. The van der Waals surface area contributed by atoms with Gasteiger partial charge in [0.15, 0.2) is 18.1 Å². The highest BCUT2D eigenvalue weighted by Gasteiger charge is 2.44. The smallest absolute Gasteiger partial charge is 0.330 e. The molecule has 3 aromatic rings. The molecule has 2 saturated heterocycles. The molecule has 2 fully saturated rings. The highest BCUT2D eigenvalue weighted by atomic mass is 16.5. The summed E-state index contributed by atoms with van der Waals surface area (Å²) >= 11 is 0. The Morgan fingerprint density at radius 1 is 0.750 bits per heavy atom. The first-order valence-electron chi connectivity index (χ1n) is 28.6. The van der Waals surface area contributed by atoms with Gasteiger partial charge < -0.3 is 58.2 Å². The van der Waals surface area contributed by atoms with Crippen molar-refractivity contribution in [3.8, 4) is 17.2 Å². The van der Waals surface area contributed by atoms with E-state index in [4.69, 9.17) is 28.4 Å². The van der Waals surface area contributed by atoms with E-state index in [1.807, 2.05) is 32.9 Å². The number of piperidine rings is 1. The number of likely N-dealkylation sites (N-methyl/N-ethyl adjacent to an activating group) is 3. The fraction of sp³-hybridized carbons (Fsp3) is 0.548. The summed E-state index contributed by atoms with van der Waals surface area (Å²) in [5.74, 6) is -4.82. The molecule has 2 bridgehead atoms. The quantitative estimate of drug-likeness (QED) is 0.222. The SMILES string of the molecule is COc1ccc(CC[C@H]2OC(=O)[C@@H]3CCCCN3C(=O)C(=O)C(C)(C)COC(=O)/C=C\CCN(C)C(=O)[C@@H]3CCCN3C(=O)[C@H](COC(C)(C)C)N(C)C(=O)[C@H](Cc3ccncc3)NC(=O)[C@H](C)N(C)C(=O)COc3cccc2c3)cc1OC. The van der Waals surface area contributed by atoms with Crippen LogP contribution in [0.5, 0.6) is 17.2 Å². The third-order valence-electron chi connectivity index (χ3n) is 15.4. The summed E-state index contributed by atoms with van der Waals surface area (Å²) in [6.45, 7) is 9.16. The first kappa shape index (κ1) is 65.3. The predicted octanol–water partition coefficient (Wildman–Crippen LogP) is 4.84. The minimum atomic E-state index is -1.49. The Labute approximate surface area is 492 Å². The van der Waals surface area contributed by atoms with Crippen LogP contribution in [0.4, 0.5) is 0 Å². The van der Waals surface area contributed by atoms with Gasteiger partial charge in [0, 0.05) is 65.7 Å². The van der Waals surface area contributed by atoms with E-state index in [0.717, 1.165) is 5.56 Å². The van der Waals surface area contributed by atoms with E-state index >= 15 is 0 Å². The number of nitrogens with zero attached hydrogens (tertiary/aromatic N) is 6. The zero-order valence-corrected chi connectivity index (χ0v) is 50.4. The summed E-state index contributed by atoms with van der Waals surface area (Å²) in [6.07, 6.45) is 7.87. The number of fused-ring (bicyclic) bond motifs is 4. The zero-order valence-electron chi connectivity index (χ0n) is 50.4. The van der Waals surface area contributed by atoms with Gasteiger partial charge in [0.1, 0.15) is 48.7 Å². The van der Waals surface area contributed by atoms with Crippen molar-refractivity contribution in [2.45, 2.75) is 141 Å². The second-order valence-electron chi connectivity index (χ2n) is 23.2. The molecule has 1 aromatic heterocycles. The van der Waals surface area contributed by atoms with Crippen molar-refractivity contribution in [3.05, 3.63) is 95.8 Å². The second kappa shape index (κ2) is 29.6. The van der Waals surface area contributed by atoms with Crippen LogP contribution in [0.1, 0.15) is 109 Å². The molecule has 3 aliphatic heterocycles. The minimum Gasteiger partial charge on any atom is -0.493 e. The van der Waals surface area contributed by atoms with Crippen LogP contribution < -0.4 is 19.5 Å². The Bertz CT molecular complexity index is 2870. The molecule has 0 saturated carbocycles. The lowest BCUT2D eigenvalue weighted by Gasteiger charge is -2.37. The molecule has 6 rings (SSSR count). The van der Waals surface area contributed by atoms with Crippen LogP contribution in [0, 0.1) is 5.41 Å². The number of carbonyl (C=O) groups excluding carboxylic acids is 9. The molecule has 84 heavy (non-hydrogen) atoms. The number of benzene rings is 2. The molecule has 22 nitrogen and oxygen atoms in total. The topological polar surface area (TPSA) is 250 Å². The number of ketones is 1. The monoisotopic (exact) mass is 1170 g/mol. The summed E-state index contributed by atoms with van der Waals surface area (Å²) in [4.78, 5) is 138. The molecule has 6 amide bonds. The van der Waals surface area contributed by atoms with Crippen LogP contribution in [-0.4, -0.2) is 193 Å². The first-order chi connectivity index (χ1) is 39.8. The largest absolute Gasteiger partial charge is 0.493 e. The molecule has 456 valence electrons. The first-order valence-corrected chi connectivity index (χ1v) is 28.6. The van der Waals surface area contributed by atoms with Crippen molar-refractivity contribution in [1.29, 1.82) is 0 Å². The zero-order chi connectivity index (χ0) is 61.5. The van der Waals surface area contributed by atoms with Crippen molar-refractivity contribution in [3.63, 3.8) is 0 Å². The molecule has 3 aliphatic rings. The molecule has 0 unspecified atom stereocenters. The van der Waals surface area contributed by atoms with Crippen LogP contribution in [0.3, 0.4) is 0 Å². The summed E-state index contributed by atoms with van der Waals surface area (Å²) in [5, 5.41) is 2.84. The molecule has 0 radical (unpaired) electrons. The minimum absolute atomic E-state index is 0.0105. The number of methoxy groups -OCH3 is 2. The molecular formula is C62H83N7O15. The Morgan fingerprint density at radius 3 is 2.15 bits per heavy atom. The molecule has 22 heteroatoms. The molecular weight excluding hydrogens is 1080 g/mol. The maximum Gasteiger partial charge on any atom is 0.330 e. The third kappa shape index (κ3) is 17.4. The lowest BCUT2D eigenvalue weighted by Crippen LogP contribution is -2.60. The Hall–Kier alpha value is -7.88. The van der Waals surface area contributed by atoms with Gasteiger partial charge in [0.05, 0.1) is 31.8 Å². The fourth-order valence-electron chi connectivity index (χ4n) is 10.1. The molecule has 6 atom stereocenters. The number of amides is 6. The van der Waals surface area contributed by atoms with Gasteiger partial charge in [-0.05, 0) is 146 Å². The lowest BCUT2D eigenvalue weighted by molar-refractivity contribution is -0.165. The van der Waals surface area contributed by atoms with Gasteiger partial charge in [-0.15, -0.1) is 0 Å². The number of hydrogen-bond donors (Lipinski definition) is 1. The van der Waals surface area contributed by atoms with E-state index in [9.17, 15) is 43.2 Å². The molecule has 1 N–H and O–H groups in total. The van der Waals surface area contributed by atoms with Crippen molar-refractivity contribution >= 4 is 53.2 Å². The van der Waals surface area contributed by atoms with E-state index in [2.05, 4.69) is 10.3 Å². The van der Waals surface area contributed by atoms with Crippen LogP contribution in [0.25, 0.3) is 0 Å². The number of cyclic esters (lactones) is 2. The van der Waals surface area contributed by atoms with Crippen LogP contribution >= 0.6 is 0 Å². The van der Waals surface area contributed by atoms with Gasteiger partial charge >= 0.3 is 11.9 Å². The average Bonchev–Trinajstić information content (AvgIpc) is 4.11. The van der Waals surface area contributed by atoms with E-state index in [-0.39, 0.29) is 63.6 Å². The van der Waals surface area contributed by atoms with E-state index < -0.39 is 108 Å². The molecule has 0 aliphatic carbocycles. The fourth-order valence-corrected chi connectivity index (χ4v) is 10.1. The van der Waals surface area contributed by atoms with Gasteiger partial charge in [-0.2, -0.15) is 0 Å². The van der Waals surface area contributed by atoms with Gasteiger partial charge in [-0.1, -0.05) is 24.3 Å². The van der Waals surface area contributed by atoms with E-state index in [1.165, 1.54) is 85.7 Å². The number of Topliss-reactive ketones (excluding diaryl/α,β-unsaturated/α-hetero) is 1.